The first-order valence-electron chi connectivity index (χ1n) is 9.69. The van der Waals surface area contributed by atoms with E-state index in [1.807, 2.05) is 19.1 Å². The zero-order valence-corrected chi connectivity index (χ0v) is 18.6. The first kappa shape index (κ1) is 21.7. The van der Waals surface area contributed by atoms with Gasteiger partial charge in [0.05, 0.1) is 11.9 Å². The Morgan fingerprint density at radius 2 is 1.69 bits per heavy atom. The number of aromatic nitrogens is 2. The van der Waals surface area contributed by atoms with Crippen molar-refractivity contribution in [3.8, 4) is 11.4 Å². The molecule has 0 aliphatic carbocycles. The number of anilines is 1. The summed E-state index contributed by atoms with van der Waals surface area (Å²) in [5, 5.41) is 7.22. The van der Waals surface area contributed by atoms with Crippen molar-refractivity contribution in [2.45, 2.75) is 13.5 Å². The van der Waals surface area contributed by atoms with E-state index in [0.717, 1.165) is 15.6 Å². The van der Waals surface area contributed by atoms with Crippen molar-refractivity contribution >= 4 is 27.5 Å². The van der Waals surface area contributed by atoms with Gasteiger partial charge in [0.15, 0.2) is 11.4 Å². The van der Waals surface area contributed by atoms with E-state index >= 15 is 0 Å². The summed E-state index contributed by atoms with van der Waals surface area (Å²) < 4.78 is 34.7. The average Bonchev–Trinajstić information content (AvgIpc) is 3.20. The second-order valence-corrected chi connectivity index (χ2v) is 8.01. The Labute approximate surface area is 191 Å². The van der Waals surface area contributed by atoms with Crippen LogP contribution in [-0.2, 0) is 6.61 Å². The lowest BCUT2D eigenvalue weighted by Gasteiger charge is -2.09. The normalized spacial score (nSPS) is 10.8. The van der Waals surface area contributed by atoms with Crippen molar-refractivity contribution in [3.63, 3.8) is 0 Å². The number of halogens is 3. The van der Waals surface area contributed by atoms with E-state index in [1.54, 1.807) is 36.5 Å². The Morgan fingerprint density at radius 3 is 2.34 bits per heavy atom. The van der Waals surface area contributed by atoms with Gasteiger partial charge in [0, 0.05) is 10.2 Å². The summed E-state index contributed by atoms with van der Waals surface area (Å²) in [6, 6.07) is 17.1. The third kappa shape index (κ3) is 5.03. The minimum absolute atomic E-state index is 0.0683. The molecule has 0 atom stereocenters. The molecule has 0 saturated heterocycles. The highest BCUT2D eigenvalue weighted by atomic mass is 79.9. The fourth-order valence-electron chi connectivity index (χ4n) is 3.04. The highest BCUT2D eigenvalue weighted by Crippen LogP contribution is 2.25. The summed E-state index contributed by atoms with van der Waals surface area (Å²) in [5.74, 6) is -0.934. The van der Waals surface area contributed by atoms with Gasteiger partial charge in [0.2, 0.25) is 0 Å². The molecule has 8 heteroatoms. The Bertz CT molecular complexity index is 1260. The predicted octanol–water partition coefficient (Wildman–Crippen LogP) is 6.05. The van der Waals surface area contributed by atoms with Crippen molar-refractivity contribution in [1.29, 1.82) is 0 Å². The van der Waals surface area contributed by atoms with Crippen LogP contribution in [0.3, 0.4) is 0 Å². The van der Waals surface area contributed by atoms with Gasteiger partial charge in [0.1, 0.15) is 18.2 Å². The van der Waals surface area contributed by atoms with Crippen LogP contribution >= 0.6 is 15.9 Å². The molecule has 5 nitrogen and oxygen atoms in total. The summed E-state index contributed by atoms with van der Waals surface area (Å²) in [5.41, 5.74) is 2.88. The smallest absolute Gasteiger partial charge is 0.280 e. The van der Waals surface area contributed by atoms with Crippen molar-refractivity contribution in [2.75, 3.05) is 5.32 Å². The van der Waals surface area contributed by atoms with Crippen LogP contribution in [0.2, 0.25) is 0 Å². The molecule has 3 aromatic carbocycles. The minimum atomic E-state index is -0.453. The summed E-state index contributed by atoms with van der Waals surface area (Å²) in [4.78, 5) is 13.0. The fraction of sp³-hybridized carbons (Fsp3) is 0.0833. The number of hydrogen-bond acceptors (Lipinski definition) is 3. The number of carbonyl (C=O) groups is 1. The summed E-state index contributed by atoms with van der Waals surface area (Å²) in [6.07, 6.45) is 1.56. The number of rotatable bonds is 6. The molecular weight excluding hydrogens is 480 g/mol. The second-order valence-electron chi connectivity index (χ2n) is 7.09. The van der Waals surface area contributed by atoms with E-state index < -0.39 is 5.91 Å². The molecule has 4 aromatic rings. The van der Waals surface area contributed by atoms with Crippen LogP contribution in [0.15, 0.2) is 77.4 Å². The van der Waals surface area contributed by atoms with Gasteiger partial charge in [-0.05, 0) is 72.6 Å². The maximum absolute atomic E-state index is 13.3. The van der Waals surface area contributed by atoms with Crippen LogP contribution in [0.25, 0.3) is 5.69 Å². The van der Waals surface area contributed by atoms with Gasteiger partial charge in [-0.15, -0.1) is 0 Å². The van der Waals surface area contributed by atoms with Gasteiger partial charge in [0.25, 0.3) is 5.91 Å². The molecule has 4 rings (SSSR count). The number of carbonyl (C=O) groups excluding carboxylic acids is 1. The van der Waals surface area contributed by atoms with Crippen LogP contribution in [0, 0.1) is 18.6 Å². The summed E-state index contributed by atoms with van der Waals surface area (Å²) in [7, 11) is 0. The van der Waals surface area contributed by atoms with E-state index in [-0.39, 0.29) is 29.7 Å². The van der Waals surface area contributed by atoms with E-state index in [4.69, 9.17) is 4.74 Å². The van der Waals surface area contributed by atoms with Crippen LogP contribution in [0.5, 0.6) is 5.75 Å². The molecule has 0 unspecified atom stereocenters. The minimum Gasteiger partial charge on any atom is -0.485 e. The second kappa shape index (κ2) is 9.32. The quantitative estimate of drug-likeness (QED) is 0.352. The first-order valence-corrected chi connectivity index (χ1v) is 10.5. The van der Waals surface area contributed by atoms with Gasteiger partial charge in [-0.1, -0.05) is 28.1 Å². The lowest BCUT2D eigenvalue weighted by Crippen LogP contribution is -2.15. The number of benzene rings is 3. The van der Waals surface area contributed by atoms with Gasteiger partial charge in [-0.25, -0.2) is 13.5 Å². The maximum Gasteiger partial charge on any atom is 0.280 e. The number of nitrogens with zero attached hydrogens (tertiary/aromatic N) is 2. The van der Waals surface area contributed by atoms with Crippen LogP contribution in [0.1, 0.15) is 21.6 Å². The number of hydrogen-bond donors (Lipinski definition) is 1. The zero-order valence-electron chi connectivity index (χ0n) is 17.0. The standard InChI is InChI=1S/C24H18BrF2N3O2/c1-15-12-17(25)4-11-21(15)28-24(31)23-22(32-14-16-2-5-18(26)6-3-16)13-30(29-23)20-9-7-19(27)8-10-20/h2-13H,14H2,1H3,(H,28,31). The monoisotopic (exact) mass is 497 g/mol. The molecule has 1 amide bonds. The molecule has 1 heterocycles. The average molecular weight is 498 g/mol. The lowest BCUT2D eigenvalue weighted by molar-refractivity contribution is 0.101. The topological polar surface area (TPSA) is 56.2 Å². The van der Waals surface area contributed by atoms with E-state index in [9.17, 15) is 13.6 Å². The third-order valence-corrected chi connectivity index (χ3v) is 5.22. The van der Waals surface area contributed by atoms with Gasteiger partial charge >= 0.3 is 0 Å². The van der Waals surface area contributed by atoms with Crippen molar-refractivity contribution in [1.82, 2.24) is 9.78 Å². The van der Waals surface area contributed by atoms with Crippen LogP contribution in [-0.4, -0.2) is 15.7 Å². The highest BCUT2D eigenvalue weighted by molar-refractivity contribution is 9.10. The number of aryl methyl sites for hydroxylation is 1. The van der Waals surface area contributed by atoms with Crippen molar-refractivity contribution < 1.29 is 18.3 Å². The zero-order chi connectivity index (χ0) is 22.7. The van der Waals surface area contributed by atoms with Crippen LogP contribution < -0.4 is 10.1 Å². The molecular formula is C24H18BrF2N3O2. The highest BCUT2D eigenvalue weighted by Gasteiger charge is 2.20. The van der Waals surface area contributed by atoms with Gasteiger partial charge in [-0.2, -0.15) is 5.10 Å². The molecule has 0 aliphatic rings. The Morgan fingerprint density at radius 1 is 1.03 bits per heavy atom. The van der Waals surface area contributed by atoms with E-state index in [0.29, 0.717) is 11.4 Å². The third-order valence-electron chi connectivity index (χ3n) is 4.73. The Balaban J connectivity index is 1.63. The lowest BCUT2D eigenvalue weighted by atomic mass is 10.2. The van der Waals surface area contributed by atoms with Crippen molar-refractivity contribution in [2.24, 2.45) is 0 Å². The number of amides is 1. The summed E-state index contributed by atoms with van der Waals surface area (Å²) in [6.45, 7) is 2.00. The molecule has 0 fully saturated rings. The van der Waals surface area contributed by atoms with Crippen molar-refractivity contribution in [3.05, 3.63) is 106 Å². The number of nitrogens with one attached hydrogen (secondary N) is 1. The molecule has 0 aliphatic heterocycles. The first-order chi connectivity index (χ1) is 15.4. The fourth-order valence-corrected chi connectivity index (χ4v) is 3.51. The Hall–Kier alpha value is -3.52. The number of ether oxygens (including phenoxy) is 1. The molecule has 32 heavy (non-hydrogen) atoms. The molecule has 1 N–H and O–H groups in total. The maximum atomic E-state index is 13.3. The van der Waals surface area contributed by atoms with Crippen LogP contribution in [0.4, 0.5) is 14.5 Å². The van der Waals surface area contributed by atoms with Gasteiger partial charge < -0.3 is 10.1 Å². The summed E-state index contributed by atoms with van der Waals surface area (Å²) >= 11 is 3.40. The molecule has 0 spiro atoms. The Kier molecular flexibility index (Phi) is 6.32. The predicted molar refractivity (Wildman–Crippen MR) is 121 cm³/mol. The molecule has 1 aromatic heterocycles. The molecule has 0 radical (unpaired) electrons. The van der Waals surface area contributed by atoms with E-state index in [1.165, 1.54) is 28.9 Å². The largest absolute Gasteiger partial charge is 0.485 e. The van der Waals surface area contributed by atoms with Gasteiger partial charge in [-0.3, -0.25) is 4.79 Å². The van der Waals surface area contributed by atoms with E-state index in [2.05, 4.69) is 26.3 Å². The molecule has 162 valence electrons. The molecule has 0 saturated carbocycles. The SMILES string of the molecule is Cc1cc(Br)ccc1NC(=O)c1nn(-c2ccc(F)cc2)cc1OCc1ccc(F)cc1. The molecule has 0 bridgehead atoms.